The molecule has 0 amide bonds. The molecule has 7 aliphatic heterocycles. The number of epoxide rings is 2. The summed E-state index contributed by atoms with van der Waals surface area (Å²) in [6, 6.07) is 0. The van der Waals surface area contributed by atoms with Crippen LogP contribution in [0.15, 0.2) is 109 Å². The van der Waals surface area contributed by atoms with Crippen LogP contribution in [0.3, 0.4) is 0 Å². The summed E-state index contributed by atoms with van der Waals surface area (Å²) in [5.74, 6) is 4.80. The predicted octanol–water partition coefficient (Wildman–Crippen LogP) is 9.61. The van der Waals surface area contributed by atoms with Crippen LogP contribution in [0.1, 0.15) is 173 Å². The van der Waals surface area contributed by atoms with E-state index in [0.717, 1.165) is 6.08 Å². The number of hydrogen-bond donors (Lipinski definition) is 4. The van der Waals surface area contributed by atoms with Gasteiger partial charge in [-0.1, -0.05) is 113 Å². The molecular weight excluding hydrogens is 1620 g/mol. The number of allylic oxidation sites excluding steroid dienone is 11. The number of ketones is 8. The number of aliphatic hydroxyl groups excluding tert-OH is 3. The SMILES string of the molecule is C/C=C/C=C/C(=O)O.C/C=C/C=C/C(=O)O[C@H](C)/C=C\C(C)=O.C/C=C/C=C/C(=O)O[C@H](C)C#CC(C)=O.CC(=O)C#C[C@@H](C)O.CC(=O)[C@@H]1[C@@H]2[C@@H](C)OC(=O)[C@@H]2C=C[C@H]1C.CC(=O)[C@H]1[C@H](C)[C@@H]2O[C@@H]2[C@H]2C(=O)O[C@H](C)[C@H]21.CC(=O)[C@H]1[C@H](C)[C@H](O)C=C2C(=O)O[C@H](C)[C@H]21.CC(=O)[C@H]1[C@H](C)[C@H](O)C[C@H]2C(=O)O[C@H](C)[C@@H]12.CC(=O)[C@H]1[C@H](C)[C@H]2O[C@H]2[C@H]2C(=O)O[C@H](C)[C@H]21. The van der Waals surface area contributed by atoms with Gasteiger partial charge in [0.2, 0.25) is 11.6 Å². The Morgan fingerprint density at radius 2 is 0.864 bits per heavy atom. The first kappa shape index (κ1) is 107. The summed E-state index contributed by atoms with van der Waals surface area (Å²) in [5, 5.41) is 36.2. The highest BCUT2D eigenvalue weighted by atomic mass is 16.6. The summed E-state index contributed by atoms with van der Waals surface area (Å²) in [4.78, 5) is 180. The maximum Gasteiger partial charge on any atom is 0.334 e. The zero-order chi connectivity index (χ0) is 94.8. The van der Waals surface area contributed by atoms with Crippen LogP contribution in [0.2, 0.25) is 0 Å². The van der Waals surface area contributed by atoms with Crippen LogP contribution in [0.5, 0.6) is 0 Å². The van der Waals surface area contributed by atoms with E-state index >= 15 is 0 Å². The van der Waals surface area contributed by atoms with Crippen molar-refractivity contribution in [3.8, 4) is 23.7 Å². The Bertz CT molecular complexity index is 4250. The zero-order valence-corrected chi connectivity index (χ0v) is 76.1. The third-order valence-electron chi connectivity index (χ3n) is 24.0. The molecule has 29 nitrogen and oxygen atoms in total. The second kappa shape index (κ2) is 49.6. The highest BCUT2D eigenvalue weighted by molar-refractivity contribution is 5.95. The van der Waals surface area contributed by atoms with Crippen LogP contribution in [0.4, 0.5) is 0 Å². The lowest BCUT2D eigenvalue weighted by Crippen LogP contribution is -2.46. The normalized spacial score (nSPS) is 35.1. The smallest absolute Gasteiger partial charge is 0.334 e. The summed E-state index contributed by atoms with van der Waals surface area (Å²) < 4.78 is 46.9. The largest absolute Gasteiger partial charge is 0.478 e. The molecule has 0 aromatic rings. The fourth-order valence-electron chi connectivity index (χ4n) is 18.4. The van der Waals surface area contributed by atoms with Crippen LogP contribution in [0.25, 0.3) is 0 Å². The Labute approximate surface area is 733 Å². The zero-order valence-electron chi connectivity index (χ0n) is 76.1. The number of hydrogen-bond acceptors (Lipinski definition) is 28. The molecule has 0 aromatic heterocycles. The summed E-state index contributed by atoms with van der Waals surface area (Å²) >= 11 is 0. The number of fused-ring (bicyclic) bond motifs is 9. The molecule has 12 aliphatic rings. The Morgan fingerprint density at radius 1 is 0.448 bits per heavy atom. The van der Waals surface area contributed by atoms with E-state index in [1.54, 1.807) is 96.2 Å². The van der Waals surface area contributed by atoms with Crippen molar-refractivity contribution in [2.75, 3.05) is 0 Å². The van der Waals surface area contributed by atoms with Gasteiger partial charge in [-0.15, -0.1) is 0 Å². The number of cyclic esters (lactones) is 5. The van der Waals surface area contributed by atoms with Gasteiger partial charge in [-0.25, -0.2) is 19.2 Å². The predicted molar refractivity (Wildman–Crippen MR) is 456 cm³/mol. The van der Waals surface area contributed by atoms with Gasteiger partial charge in [-0.05, 0) is 184 Å². The molecule has 7 heterocycles. The first-order valence-electron chi connectivity index (χ1n) is 42.5. The van der Waals surface area contributed by atoms with E-state index in [1.165, 1.54) is 65.8 Å². The van der Waals surface area contributed by atoms with Gasteiger partial charge < -0.3 is 63.1 Å². The molecule has 7 saturated heterocycles. The number of carboxylic acids is 1. The molecule has 29 heteroatoms. The average Bonchev–Trinajstić information content (AvgIpc) is 1.56. The molecule has 0 bridgehead atoms. The van der Waals surface area contributed by atoms with Crippen molar-refractivity contribution in [3.63, 3.8) is 0 Å². The molecule has 3 saturated carbocycles. The first-order valence-corrected chi connectivity index (χ1v) is 42.5. The number of rotatable bonds is 15. The monoisotopic (exact) mass is 1740 g/mol. The molecule has 0 radical (unpaired) electrons. The van der Waals surface area contributed by atoms with Gasteiger partial charge in [0.25, 0.3) is 0 Å². The van der Waals surface area contributed by atoms with E-state index < -0.39 is 54.4 Å². The first-order chi connectivity index (χ1) is 58.4. The lowest BCUT2D eigenvalue weighted by atomic mass is 9.64. The van der Waals surface area contributed by atoms with Gasteiger partial charge in [0, 0.05) is 96.8 Å². The van der Waals surface area contributed by atoms with Crippen LogP contribution >= 0.6 is 0 Å². The maximum atomic E-state index is 11.7. The number of carboxylic acid groups (broad SMARTS) is 1. The second-order valence-corrected chi connectivity index (χ2v) is 33.6. The number of ether oxygens (including phenoxy) is 9. The van der Waals surface area contributed by atoms with Gasteiger partial charge in [0.15, 0.2) is 11.9 Å². The van der Waals surface area contributed by atoms with Crippen molar-refractivity contribution in [2.24, 2.45) is 112 Å². The highest BCUT2D eigenvalue weighted by Crippen LogP contribution is 2.57. The lowest BCUT2D eigenvalue weighted by molar-refractivity contribution is -0.145. The number of aliphatic carboxylic acids is 1. The standard InChI is InChI=1S/2C12H16O4.C12H18O4.C12H16O4.2C12H16O3.C12H14O3.2C6H8O2/c2*1-4-7(5(2)13)8-6(3)15-12(14)9(8)11-10(4)16-11;2*1-5-9(14)4-8-11(10(5)6(2)13)7(3)16-12(8)15;1-6-4-5-9-11(10(6)7(2)13)8(3)15-12(9)14;2*1-4-5-6-7-12(14)15-11(3)9-8-10(2)13;1-5(7)3-4-6(2)8;1-2-3-4-5-6(7)8/h2*4,6-11H,1-3H3;5,7-11,14H,4H2,1-3H3;4-5,7,9-11,14H,1-3H3;4-6,8-11H,1-3H3;4-9,11H,1-3H3;4-7,11H,1-3H3;5,7H,1-2H3;2-5H,1H3,(H,7,8)/b;;;;;5-4+,7-6+,9-8-;5-4+,7-6+;;3-2+,5-4+/t4-,6+,7+,8-,9-,10+,11-;4-,6+,7+,8-,9-,10-,11+;5-,7-,8-,9-,10-,11-;5-,7-,9-,10-,11-;6-,8-,9-,10-,11-;2*11-;5-;/m00111111./s1. The average molecular weight is 1750 g/mol. The van der Waals surface area contributed by atoms with Crippen molar-refractivity contribution in [2.45, 2.75) is 258 Å². The fourth-order valence-corrected chi connectivity index (χ4v) is 18.4. The third kappa shape index (κ3) is 30.2. The highest BCUT2D eigenvalue weighted by Gasteiger charge is 2.68. The van der Waals surface area contributed by atoms with Gasteiger partial charge in [0.05, 0.1) is 60.3 Å². The second-order valence-electron chi connectivity index (χ2n) is 33.6. The van der Waals surface area contributed by atoms with Gasteiger partial charge >= 0.3 is 47.8 Å². The van der Waals surface area contributed by atoms with E-state index in [-0.39, 0.29) is 238 Å². The molecule has 4 N–H and O–H groups in total. The van der Waals surface area contributed by atoms with Crippen molar-refractivity contribution in [3.05, 3.63) is 109 Å². The molecule has 5 aliphatic carbocycles. The van der Waals surface area contributed by atoms with Crippen molar-refractivity contribution < 1.29 is 140 Å². The maximum absolute atomic E-state index is 11.7. The minimum Gasteiger partial charge on any atom is -0.478 e. The number of aliphatic hydroxyl groups is 3. The minimum absolute atomic E-state index is 0.00676. The number of esters is 7. The van der Waals surface area contributed by atoms with E-state index in [0.29, 0.717) is 12.0 Å². The Hall–Kier alpha value is -10.3. The molecular formula is C96H128O29. The minimum atomic E-state index is -0.914. The van der Waals surface area contributed by atoms with Gasteiger partial charge in [-0.2, -0.15) is 0 Å². The molecule has 10 fully saturated rings. The molecule has 12 rings (SSSR count). The van der Waals surface area contributed by atoms with E-state index in [1.807, 2.05) is 101 Å². The molecule has 686 valence electrons. The molecule has 0 spiro atoms. The van der Waals surface area contributed by atoms with E-state index in [2.05, 4.69) is 23.7 Å². The molecule has 0 aromatic carbocycles. The van der Waals surface area contributed by atoms with E-state index in [4.69, 9.17) is 52.8 Å². The number of carbonyl (C=O) groups is 16. The van der Waals surface area contributed by atoms with Gasteiger partial charge in [0.1, 0.15) is 71.6 Å². The Morgan fingerprint density at radius 3 is 1.29 bits per heavy atom. The quantitative estimate of drug-likeness (QED) is 0.0173. The third-order valence-corrected chi connectivity index (χ3v) is 24.0. The molecule has 0 unspecified atom stereocenters. The van der Waals surface area contributed by atoms with Crippen molar-refractivity contribution >= 4 is 94.0 Å². The number of carbonyl (C=O) groups excluding carboxylic acids is 15. The van der Waals surface area contributed by atoms with Crippen LogP contribution in [-0.4, -0.2) is 200 Å². The van der Waals surface area contributed by atoms with Crippen molar-refractivity contribution in [1.82, 2.24) is 0 Å². The topological polar surface area (TPSA) is 444 Å². The lowest BCUT2D eigenvalue weighted by Gasteiger charge is -2.39. The van der Waals surface area contributed by atoms with Crippen LogP contribution < -0.4 is 0 Å². The van der Waals surface area contributed by atoms with Crippen molar-refractivity contribution in [1.29, 1.82) is 0 Å². The Balaban J connectivity index is 0.000000297. The van der Waals surface area contributed by atoms with Crippen LogP contribution in [0, 0.1) is 136 Å². The molecule has 33 atom stereocenters. The summed E-state index contributed by atoms with van der Waals surface area (Å²) in [5.41, 5.74) is 0.471. The molecule has 125 heavy (non-hydrogen) atoms. The fraction of sp³-hybridized carbons (Fsp3) is 0.604. The summed E-state index contributed by atoms with van der Waals surface area (Å²) in [6.07, 6.45) is 23.9. The Kier molecular flexibility index (Phi) is 42.4. The van der Waals surface area contributed by atoms with Gasteiger partial charge in [-0.3, -0.25) is 57.5 Å². The summed E-state index contributed by atoms with van der Waals surface area (Å²) in [6.45, 7) is 41.4. The van der Waals surface area contributed by atoms with Crippen LogP contribution in [-0.2, 0) is 119 Å². The van der Waals surface area contributed by atoms with E-state index in [9.17, 15) is 86.9 Å². The number of Topliss-reactive ketones (excluding diaryl/α,β-unsaturated/α-hetero) is 7. The summed E-state index contributed by atoms with van der Waals surface area (Å²) in [7, 11) is 0.